The normalized spacial score (nSPS) is 17.6. The van der Waals surface area contributed by atoms with Crippen molar-refractivity contribution < 1.29 is 45.8 Å². The molecule has 2 aromatic rings. The Hall–Kier alpha value is -3.83. The Morgan fingerprint density at radius 2 is 1.45 bits per heavy atom. The number of nitrogens with two attached hydrogens (primary N) is 2. The van der Waals surface area contributed by atoms with Crippen LogP contribution in [0.4, 0.5) is 33.3 Å². The van der Waals surface area contributed by atoms with Gasteiger partial charge in [-0.25, -0.2) is 9.59 Å². The zero-order chi connectivity index (χ0) is 30.8. The molecule has 0 radical (unpaired) electrons. The quantitative estimate of drug-likeness (QED) is 0.0855. The van der Waals surface area contributed by atoms with Crippen molar-refractivity contribution in [3.05, 3.63) is 59.7 Å². The Labute approximate surface area is 241 Å². The van der Waals surface area contributed by atoms with Crippen LogP contribution in [0.25, 0.3) is 6.08 Å². The highest BCUT2D eigenvalue weighted by molar-refractivity contribution is 5.91. The molecule has 0 bridgehead atoms. The van der Waals surface area contributed by atoms with E-state index in [0.29, 0.717) is 30.2 Å². The van der Waals surface area contributed by atoms with E-state index in [1.807, 2.05) is 0 Å². The van der Waals surface area contributed by atoms with Crippen LogP contribution in [0.15, 0.2) is 48.5 Å². The summed E-state index contributed by atoms with van der Waals surface area (Å²) >= 11 is 0. The first kappa shape index (κ1) is 32.7. The third-order valence-electron chi connectivity index (χ3n) is 7.04. The summed E-state index contributed by atoms with van der Waals surface area (Å²) in [5.41, 5.74) is 12.9. The van der Waals surface area contributed by atoms with Crippen molar-refractivity contribution in [2.75, 3.05) is 31.3 Å². The van der Waals surface area contributed by atoms with Crippen molar-refractivity contribution in [1.82, 2.24) is 0 Å². The third kappa shape index (κ3) is 10.5. The number of carbonyl (C=O) groups excluding carboxylic acids is 2. The number of ether oxygens (including phenoxy) is 3. The van der Waals surface area contributed by atoms with Crippen molar-refractivity contribution >= 4 is 29.4 Å². The van der Waals surface area contributed by atoms with Gasteiger partial charge in [0.15, 0.2) is 0 Å². The van der Waals surface area contributed by atoms with Gasteiger partial charge >= 0.3 is 24.0 Å². The van der Waals surface area contributed by atoms with Crippen LogP contribution in [0, 0.1) is 11.8 Å². The summed E-state index contributed by atoms with van der Waals surface area (Å²) in [6.45, 7) is 0.215. The number of nitrogen functional groups attached to an aromatic ring is 2. The minimum atomic E-state index is -5.49. The van der Waals surface area contributed by atoms with Crippen molar-refractivity contribution in [1.29, 1.82) is 0 Å². The molecule has 230 valence electrons. The van der Waals surface area contributed by atoms with Crippen LogP contribution in [-0.2, 0) is 14.3 Å². The molecule has 2 aromatic carbocycles. The lowest BCUT2D eigenvalue weighted by Crippen LogP contribution is -2.36. The van der Waals surface area contributed by atoms with Crippen LogP contribution < -0.4 is 16.2 Å². The molecular formula is C30H35F5N2O5. The fraction of sp³-hybridized carbons (Fsp3) is 0.467. The fourth-order valence-electron chi connectivity index (χ4n) is 4.70. The van der Waals surface area contributed by atoms with Crippen molar-refractivity contribution in [2.24, 2.45) is 11.8 Å². The van der Waals surface area contributed by atoms with E-state index in [1.165, 1.54) is 24.3 Å². The number of alkyl halides is 5. The maximum absolute atomic E-state index is 13.1. The average molecular weight is 599 g/mol. The second-order valence-corrected chi connectivity index (χ2v) is 10.4. The van der Waals surface area contributed by atoms with E-state index >= 15 is 0 Å². The summed E-state index contributed by atoms with van der Waals surface area (Å²) in [6.07, 6.45) is -0.378. The van der Waals surface area contributed by atoms with Gasteiger partial charge in [-0.2, -0.15) is 22.0 Å². The highest BCUT2D eigenvalue weighted by Gasteiger charge is 2.56. The molecule has 0 unspecified atom stereocenters. The summed E-state index contributed by atoms with van der Waals surface area (Å²) in [6, 6.07) is 11.4. The van der Waals surface area contributed by atoms with Gasteiger partial charge < -0.3 is 25.7 Å². The first-order valence-corrected chi connectivity index (χ1v) is 13.7. The minimum absolute atomic E-state index is 0.130. The number of hydrogen-bond donors (Lipinski definition) is 2. The molecule has 42 heavy (non-hydrogen) atoms. The number of hydrogen-bond acceptors (Lipinski definition) is 7. The van der Waals surface area contributed by atoms with Crippen LogP contribution in [0.2, 0.25) is 0 Å². The molecule has 4 N–H and O–H groups in total. The Balaban J connectivity index is 1.29. The molecule has 1 aliphatic carbocycles. The zero-order valence-electron chi connectivity index (χ0n) is 23.0. The standard InChI is InChI=1S/C30H35F5N2O5/c31-29(32,30(33,34)35)13-1-2-20-3-5-22(6-4-20)19-42-26-10-7-21(8-11-26)9-12-27(38)40-14-15-41-28(39)23-16-24(36)18-25(37)17-23/h7-12,16-18,20,22H,1-6,13-15,19,36-37H2/b12-9+. The molecule has 1 saturated carbocycles. The smallest absolute Gasteiger partial charge is 0.453 e. The van der Waals surface area contributed by atoms with E-state index in [4.69, 9.17) is 25.7 Å². The van der Waals surface area contributed by atoms with Crippen molar-refractivity contribution in [3.63, 3.8) is 0 Å². The lowest BCUT2D eigenvalue weighted by molar-refractivity contribution is -0.284. The molecular weight excluding hydrogens is 563 g/mol. The van der Waals surface area contributed by atoms with Crippen LogP contribution in [0.3, 0.4) is 0 Å². The average Bonchev–Trinajstić information content (AvgIpc) is 2.93. The Kier molecular flexibility index (Phi) is 11.6. The fourth-order valence-corrected chi connectivity index (χ4v) is 4.70. The predicted molar refractivity (Wildman–Crippen MR) is 148 cm³/mol. The Morgan fingerprint density at radius 1 is 0.857 bits per heavy atom. The van der Waals surface area contributed by atoms with E-state index in [0.717, 1.165) is 31.2 Å². The van der Waals surface area contributed by atoms with E-state index < -0.39 is 30.5 Å². The van der Waals surface area contributed by atoms with Crippen molar-refractivity contribution in [3.8, 4) is 5.75 Å². The SMILES string of the molecule is Nc1cc(N)cc(C(=O)OCCOC(=O)/C=C/c2ccc(OCC3CCC(CCCC(F)(F)C(F)(F)F)CC3)cc2)c1. The lowest BCUT2D eigenvalue weighted by atomic mass is 9.80. The topological polar surface area (TPSA) is 114 Å². The van der Waals surface area contributed by atoms with Gasteiger partial charge in [0.25, 0.3) is 0 Å². The van der Waals surface area contributed by atoms with E-state index in [2.05, 4.69) is 0 Å². The third-order valence-corrected chi connectivity index (χ3v) is 7.04. The van der Waals surface area contributed by atoms with E-state index in [-0.39, 0.29) is 37.0 Å². The highest BCUT2D eigenvalue weighted by Crippen LogP contribution is 2.40. The molecule has 1 fully saturated rings. The second kappa shape index (κ2) is 14.9. The van der Waals surface area contributed by atoms with E-state index in [1.54, 1.807) is 30.3 Å². The Bertz CT molecular complexity index is 1190. The molecule has 12 heteroatoms. The number of rotatable bonds is 13. The predicted octanol–water partition coefficient (Wildman–Crippen LogP) is 6.82. The highest BCUT2D eigenvalue weighted by atomic mass is 19.4. The molecule has 0 aliphatic heterocycles. The summed E-state index contributed by atoms with van der Waals surface area (Å²) < 4.78 is 79.0. The van der Waals surface area contributed by atoms with Gasteiger partial charge in [-0.3, -0.25) is 0 Å². The molecule has 0 atom stereocenters. The Morgan fingerprint density at radius 3 is 2.07 bits per heavy atom. The molecule has 1 aliphatic rings. The van der Waals surface area contributed by atoms with Gasteiger partial charge in [0.05, 0.1) is 12.2 Å². The van der Waals surface area contributed by atoms with Crippen LogP contribution >= 0.6 is 0 Å². The second-order valence-electron chi connectivity index (χ2n) is 10.4. The number of esters is 2. The van der Waals surface area contributed by atoms with Gasteiger partial charge in [0.1, 0.15) is 19.0 Å². The number of halogens is 5. The molecule has 0 heterocycles. The summed E-state index contributed by atoms with van der Waals surface area (Å²) in [7, 11) is 0. The van der Waals surface area contributed by atoms with Gasteiger partial charge in [0, 0.05) is 23.9 Å². The van der Waals surface area contributed by atoms with Crippen molar-refractivity contribution in [2.45, 2.75) is 57.0 Å². The van der Waals surface area contributed by atoms with Crippen LogP contribution in [0.1, 0.15) is 60.9 Å². The summed E-state index contributed by atoms with van der Waals surface area (Å²) in [4.78, 5) is 24.0. The zero-order valence-corrected chi connectivity index (χ0v) is 23.0. The molecule has 0 spiro atoms. The van der Waals surface area contributed by atoms with Crippen LogP contribution in [-0.4, -0.2) is 43.9 Å². The lowest BCUT2D eigenvalue weighted by Gasteiger charge is -2.29. The minimum Gasteiger partial charge on any atom is -0.493 e. The summed E-state index contributed by atoms with van der Waals surface area (Å²) in [5.74, 6) is -4.77. The maximum atomic E-state index is 13.1. The largest absolute Gasteiger partial charge is 0.493 e. The first-order valence-electron chi connectivity index (χ1n) is 13.7. The van der Waals surface area contributed by atoms with Gasteiger partial charge in [0.2, 0.25) is 0 Å². The maximum Gasteiger partial charge on any atom is 0.453 e. The first-order chi connectivity index (χ1) is 19.8. The molecule has 0 amide bonds. The molecule has 0 saturated heterocycles. The van der Waals surface area contributed by atoms with E-state index in [9.17, 15) is 31.5 Å². The van der Waals surface area contributed by atoms with Gasteiger partial charge in [-0.05, 0) is 73.1 Å². The monoisotopic (exact) mass is 598 g/mol. The van der Waals surface area contributed by atoms with Gasteiger partial charge in [-0.15, -0.1) is 0 Å². The molecule has 3 rings (SSSR count). The number of benzene rings is 2. The number of carbonyl (C=O) groups is 2. The molecule has 7 nitrogen and oxygen atoms in total. The molecule has 0 aromatic heterocycles. The number of anilines is 2. The van der Waals surface area contributed by atoms with Gasteiger partial charge in [-0.1, -0.05) is 31.4 Å². The van der Waals surface area contributed by atoms with Crippen LogP contribution in [0.5, 0.6) is 5.75 Å². The summed E-state index contributed by atoms with van der Waals surface area (Å²) in [5, 5.41) is 0.